The molecular weight excluding hydrogens is 176 g/mol. The lowest BCUT2D eigenvalue weighted by Crippen LogP contribution is -2.44. The smallest absolute Gasteiger partial charge is 0.236 e. The third-order valence-corrected chi connectivity index (χ3v) is 3.13. The topological polar surface area (TPSA) is 49.4 Å². The minimum atomic E-state index is -0.696. The van der Waals surface area contributed by atoms with Crippen molar-refractivity contribution >= 4 is 16.7 Å². The molecule has 12 heavy (non-hydrogen) atoms. The molecular formula is C7H14N2O2S. The number of hydrogen-bond donors (Lipinski definition) is 1. The summed E-state index contributed by atoms with van der Waals surface area (Å²) in [5.74, 6) is 1.37. The van der Waals surface area contributed by atoms with Crippen LogP contribution in [0, 0.1) is 0 Å². The normalized spacial score (nSPS) is 19.6. The van der Waals surface area contributed by atoms with Gasteiger partial charge in [0.15, 0.2) is 0 Å². The van der Waals surface area contributed by atoms with Gasteiger partial charge in [0.05, 0.1) is 6.54 Å². The molecule has 1 amide bonds. The molecule has 4 nitrogen and oxygen atoms in total. The highest BCUT2D eigenvalue weighted by Crippen LogP contribution is 1.99. The van der Waals surface area contributed by atoms with E-state index in [1.54, 1.807) is 11.9 Å². The van der Waals surface area contributed by atoms with Gasteiger partial charge in [0, 0.05) is 35.4 Å². The van der Waals surface area contributed by atoms with Gasteiger partial charge < -0.3 is 10.2 Å². The lowest BCUT2D eigenvalue weighted by atomic mass is 10.4. The van der Waals surface area contributed by atoms with Crippen LogP contribution in [0.5, 0.6) is 0 Å². The van der Waals surface area contributed by atoms with E-state index in [9.17, 15) is 9.00 Å². The average molecular weight is 190 g/mol. The van der Waals surface area contributed by atoms with Crippen molar-refractivity contribution in [2.75, 3.05) is 38.2 Å². The van der Waals surface area contributed by atoms with Gasteiger partial charge in [-0.05, 0) is 7.05 Å². The second kappa shape index (κ2) is 4.57. The van der Waals surface area contributed by atoms with Crippen LogP contribution in [0.15, 0.2) is 0 Å². The number of carbonyl (C=O) groups is 1. The van der Waals surface area contributed by atoms with Crippen molar-refractivity contribution in [2.45, 2.75) is 0 Å². The van der Waals surface area contributed by atoms with E-state index in [4.69, 9.17) is 0 Å². The Morgan fingerprint density at radius 3 is 2.58 bits per heavy atom. The first-order chi connectivity index (χ1) is 5.74. The zero-order valence-corrected chi connectivity index (χ0v) is 8.02. The molecule has 0 aromatic carbocycles. The minimum Gasteiger partial charge on any atom is -0.340 e. The van der Waals surface area contributed by atoms with E-state index in [0.717, 1.165) is 0 Å². The third-order valence-electron chi connectivity index (χ3n) is 1.86. The summed E-state index contributed by atoms with van der Waals surface area (Å²) in [5.41, 5.74) is 0. The molecule has 0 aromatic rings. The molecule has 1 heterocycles. The summed E-state index contributed by atoms with van der Waals surface area (Å²) in [7, 11) is 1.05. The Balaban J connectivity index is 2.33. The lowest BCUT2D eigenvalue weighted by molar-refractivity contribution is -0.129. The maximum atomic E-state index is 11.3. The van der Waals surface area contributed by atoms with Crippen LogP contribution in [0.2, 0.25) is 0 Å². The first-order valence-electron chi connectivity index (χ1n) is 4.01. The minimum absolute atomic E-state index is 0.106. The monoisotopic (exact) mass is 190 g/mol. The number of carbonyl (C=O) groups excluding carboxylic acids is 1. The predicted octanol–water partition coefficient (Wildman–Crippen LogP) is -1.20. The quantitative estimate of drug-likeness (QED) is 0.595. The van der Waals surface area contributed by atoms with Gasteiger partial charge in [0.25, 0.3) is 0 Å². The maximum Gasteiger partial charge on any atom is 0.236 e. The van der Waals surface area contributed by atoms with Gasteiger partial charge in [-0.3, -0.25) is 9.00 Å². The highest BCUT2D eigenvalue weighted by atomic mass is 32.2. The fraction of sp³-hybridized carbons (Fsp3) is 0.857. The highest BCUT2D eigenvalue weighted by Gasteiger charge is 2.18. The second-order valence-electron chi connectivity index (χ2n) is 2.76. The molecule has 0 bridgehead atoms. The molecule has 0 spiro atoms. The van der Waals surface area contributed by atoms with E-state index in [1.807, 2.05) is 0 Å². The van der Waals surface area contributed by atoms with Gasteiger partial charge in [0.2, 0.25) is 5.91 Å². The van der Waals surface area contributed by atoms with E-state index < -0.39 is 10.8 Å². The van der Waals surface area contributed by atoms with Gasteiger partial charge in [-0.15, -0.1) is 0 Å². The molecule has 0 atom stereocenters. The van der Waals surface area contributed by atoms with Crippen molar-refractivity contribution in [3.63, 3.8) is 0 Å². The molecule has 70 valence electrons. The van der Waals surface area contributed by atoms with Crippen LogP contribution in [-0.2, 0) is 15.6 Å². The third kappa shape index (κ3) is 2.57. The molecule has 1 aliphatic rings. The van der Waals surface area contributed by atoms with Gasteiger partial charge in [-0.25, -0.2) is 0 Å². The molecule has 0 radical (unpaired) electrons. The van der Waals surface area contributed by atoms with E-state index in [-0.39, 0.29) is 5.91 Å². The average Bonchev–Trinajstić information content (AvgIpc) is 2.06. The van der Waals surface area contributed by atoms with Crippen LogP contribution < -0.4 is 5.32 Å². The number of nitrogens with one attached hydrogen (secondary N) is 1. The number of likely N-dealkylation sites (N-methyl/N-ethyl adjacent to an activating group) is 1. The summed E-state index contributed by atoms with van der Waals surface area (Å²) >= 11 is 0. The van der Waals surface area contributed by atoms with Crippen LogP contribution in [0.25, 0.3) is 0 Å². The predicted molar refractivity (Wildman–Crippen MR) is 48.4 cm³/mol. The summed E-state index contributed by atoms with van der Waals surface area (Å²) in [5, 5.41) is 2.81. The van der Waals surface area contributed by atoms with E-state index in [2.05, 4.69) is 5.32 Å². The molecule has 0 aliphatic carbocycles. The van der Waals surface area contributed by atoms with Crippen LogP contribution in [0.4, 0.5) is 0 Å². The van der Waals surface area contributed by atoms with E-state index in [0.29, 0.717) is 31.1 Å². The number of rotatable bonds is 2. The first-order valence-corrected chi connectivity index (χ1v) is 5.50. The zero-order chi connectivity index (χ0) is 8.97. The molecule has 0 unspecified atom stereocenters. The fourth-order valence-electron chi connectivity index (χ4n) is 1.15. The van der Waals surface area contributed by atoms with Crippen LogP contribution in [0.3, 0.4) is 0 Å². The molecule has 1 rings (SSSR count). The van der Waals surface area contributed by atoms with Crippen molar-refractivity contribution in [3.05, 3.63) is 0 Å². The molecule has 0 saturated carbocycles. The molecule has 1 aliphatic heterocycles. The van der Waals surface area contributed by atoms with Crippen molar-refractivity contribution in [1.82, 2.24) is 10.2 Å². The molecule has 1 N–H and O–H groups in total. The Morgan fingerprint density at radius 1 is 1.50 bits per heavy atom. The summed E-state index contributed by atoms with van der Waals surface area (Å²) in [6, 6.07) is 0. The Morgan fingerprint density at radius 2 is 2.08 bits per heavy atom. The highest BCUT2D eigenvalue weighted by molar-refractivity contribution is 7.85. The summed E-state index contributed by atoms with van der Waals surface area (Å²) in [6.45, 7) is 1.67. The molecule has 1 saturated heterocycles. The number of hydrogen-bond acceptors (Lipinski definition) is 3. The Hall–Kier alpha value is -0.420. The summed E-state index contributed by atoms with van der Waals surface area (Å²) < 4.78 is 10.9. The zero-order valence-electron chi connectivity index (χ0n) is 7.21. The van der Waals surface area contributed by atoms with Gasteiger partial charge >= 0.3 is 0 Å². The standard InChI is InChI=1S/C7H14N2O2S/c1-8-6-7(10)9-2-4-12(11)5-3-9/h8H,2-6H2,1H3. The van der Waals surface area contributed by atoms with Crippen molar-refractivity contribution in [1.29, 1.82) is 0 Å². The second-order valence-corrected chi connectivity index (χ2v) is 4.46. The van der Waals surface area contributed by atoms with Crippen LogP contribution in [-0.4, -0.2) is 53.2 Å². The molecule has 1 fully saturated rings. The fourth-order valence-corrected chi connectivity index (χ4v) is 2.20. The molecule has 0 aromatic heterocycles. The van der Waals surface area contributed by atoms with Crippen LogP contribution in [0.1, 0.15) is 0 Å². The Kier molecular flexibility index (Phi) is 3.68. The Bertz CT molecular complexity index is 186. The van der Waals surface area contributed by atoms with Crippen molar-refractivity contribution in [2.24, 2.45) is 0 Å². The number of nitrogens with zero attached hydrogens (tertiary/aromatic N) is 1. The lowest BCUT2D eigenvalue weighted by Gasteiger charge is -2.26. The first kappa shape index (κ1) is 9.67. The van der Waals surface area contributed by atoms with Gasteiger partial charge in [-0.2, -0.15) is 0 Å². The van der Waals surface area contributed by atoms with E-state index in [1.165, 1.54) is 0 Å². The Labute approximate surface area is 74.8 Å². The summed E-state index contributed by atoms with van der Waals surface area (Å²) in [6.07, 6.45) is 0. The van der Waals surface area contributed by atoms with Gasteiger partial charge in [0.1, 0.15) is 0 Å². The van der Waals surface area contributed by atoms with Crippen molar-refractivity contribution < 1.29 is 9.00 Å². The number of amides is 1. The van der Waals surface area contributed by atoms with E-state index >= 15 is 0 Å². The van der Waals surface area contributed by atoms with Gasteiger partial charge in [-0.1, -0.05) is 0 Å². The SMILES string of the molecule is CNCC(=O)N1CCS(=O)CC1. The largest absolute Gasteiger partial charge is 0.340 e. The van der Waals surface area contributed by atoms with Crippen molar-refractivity contribution in [3.8, 4) is 0 Å². The molecule has 5 heteroatoms. The maximum absolute atomic E-state index is 11.3. The summed E-state index contributed by atoms with van der Waals surface area (Å²) in [4.78, 5) is 13.0. The van der Waals surface area contributed by atoms with Crippen LogP contribution >= 0.6 is 0 Å².